The highest BCUT2D eigenvalue weighted by molar-refractivity contribution is 7.18. The minimum atomic E-state index is -0.145. The molecule has 2 amide bonds. The van der Waals surface area contributed by atoms with E-state index < -0.39 is 0 Å². The fourth-order valence-corrected chi connectivity index (χ4v) is 4.40. The number of urea groups is 1. The second kappa shape index (κ2) is 6.49. The predicted octanol–water partition coefficient (Wildman–Crippen LogP) is 4.90. The number of nitrogens with one attached hydrogen (secondary N) is 1. The molecule has 0 aliphatic heterocycles. The Balaban J connectivity index is 1.76. The summed E-state index contributed by atoms with van der Waals surface area (Å²) >= 11 is 3.28. The van der Waals surface area contributed by atoms with E-state index in [1.807, 2.05) is 45.9 Å². The molecule has 126 valence electrons. The molecule has 0 aliphatic carbocycles. The summed E-state index contributed by atoms with van der Waals surface area (Å²) in [5, 5.41) is 5.01. The molecule has 0 spiro atoms. The quantitative estimate of drug-likeness (QED) is 0.722. The van der Waals surface area contributed by atoms with E-state index >= 15 is 0 Å². The summed E-state index contributed by atoms with van der Waals surface area (Å²) in [5.41, 5.74) is 2.70. The Morgan fingerprint density at radius 2 is 1.88 bits per heavy atom. The summed E-state index contributed by atoms with van der Waals surface area (Å²) in [4.78, 5) is 24.4. The van der Waals surface area contributed by atoms with Crippen LogP contribution in [0.4, 0.5) is 10.5 Å². The van der Waals surface area contributed by atoms with Crippen molar-refractivity contribution in [2.75, 3.05) is 12.4 Å². The second-order valence-corrected chi connectivity index (χ2v) is 8.45. The molecule has 0 aliphatic rings. The third kappa shape index (κ3) is 3.27. The van der Waals surface area contributed by atoms with E-state index in [2.05, 4.69) is 15.3 Å². The molecular formula is C17H20N4OS2. The van der Waals surface area contributed by atoms with Crippen LogP contribution in [0.3, 0.4) is 0 Å². The predicted molar refractivity (Wildman–Crippen MR) is 101 cm³/mol. The van der Waals surface area contributed by atoms with Gasteiger partial charge in [-0.2, -0.15) is 0 Å². The van der Waals surface area contributed by atoms with Gasteiger partial charge in [-0.15, -0.1) is 22.7 Å². The fourth-order valence-electron chi connectivity index (χ4n) is 2.62. The van der Waals surface area contributed by atoms with E-state index in [-0.39, 0.29) is 12.1 Å². The van der Waals surface area contributed by atoms with E-state index in [0.717, 1.165) is 36.5 Å². The highest BCUT2D eigenvalue weighted by Gasteiger charge is 2.21. The lowest BCUT2D eigenvalue weighted by Gasteiger charge is -2.24. The van der Waals surface area contributed by atoms with Gasteiger partial charge in [-0.1, -0.05) is 0 Å². The minimum absolute atomic E-state index is 0.0793. The molecule has 24 heavy (non-hydrogen) atoms. The van der Waals surface area contributed by atoms with Crippen molar-refractivity contribution in [3.63, 3.8) is 0 Å². The van der Waals surface area contributed by atoms with Crippen LogP contribution < -0.4 is 5.32 Å². The van der Waals surface area contributed by atoms with Gasteiger partial charge >= 0.3 is 6.03 Å². The van der Waals surface area contributed by atoms with Crippen molar-refractivity contribution in [3.8, 4) is 0 Å². The maximum atomic E-state index is 12.6. The molecule has 0 unspecified atom stereocenters. The topological polar surface area (TPSA) is 58.1 Å². The monoisotopic (exact) mass is 360 g/mol. The zero-order valence-electron chi connectivity index (χ0n) is 14.4. The summed E-state index contributed by atoms with van der Waals surface area (Å²) in [6.07, 6.45) is 0. The molecule has 1 aromatic carbocycles. The van der Waals surface area contributed by atoms with Crippen LogP contribution >= 0.6 is 22.7 Å². The first-order valence-electron chi connectivity index (χ1n) is 7.70. The van der Waals surface area contributed by atoms with E-state index in [1.165, 1.54) is 0 Å². The number of hydrogen-bond acceptors (Lipinski definition) is 5. The first-order valence-corrected chi connectivity index (χ1v) is 9.33. The first kappa shape index (κ1) is 16.9. The zero-order chi connectivity index (χ0) is 17.4. The summed E-state index contributed by atoms with van der Waals surface area (Å²) in [7, 11) is 1.80. The lowest BCUT2D eigenvalue weighted by Crippen LogP contribution is -2.34. The average Bonchev–Trinajstić information content (AvgIpc) is 3.06. The Hall–Kier alpha value is -1.99. The molecule has 1 atom stereocenters. The Labute approximate surface area is 149 Å². The Bertz CT molecular complexity index is 899. The van der Waals surface area contributed by atoms with Gasteiger partial charge in [-0.25, -0.2) is 14.8 Å². The number of nitrogens with zero attached hydrogens (tertiary/aromatic N) is 3. The van der Waals surface area contributed by atoms with Crippen molar-refractivity contribution < 1.29 is 4.79 Å². The number of amides is 2. The number of thiazole rings is 2. The van der Waals surface area contributed by atoms with Crippen molar-refractivity contribution in [3.05, 3.63) is 38.8 Å². The van der Waals surface area contributed by atoms with Gasteiger partial charge in [0.25, 0.3) is 0 Å². The highest BCUT2D eigenvalue weighted by atomic mass is 32.1. The van der Waals surface area contributed by atoms with E-state index in [4.69, 9.17) is 0 Å². The summed E-state index contributed by atoms with van der Waals surface area (Å²) in [6.45, 7) is 8.01. The third-order valence-corrected chi connectivity index (χ3v) is 5.82. The Kier molecular flexibility index (Phi) is 4.56. The standard InChI is InChI=1S/C17H20N4OS2/c1-9(16-10(2)23-12(4)19-16)21(5)17(22)20-13-6-7-14-15(8-13)24-11(3)18-14/h6-9H,1-5H3,(H,20,22)/t9-/m1/s1. The van der Waals surface area contributed by atoms with Crippen LogP contribution in [-0.4, -0.2) is 27.9 Å². The van der Waals surface area contributed by atoms with Gasteiger partial charge in [0.1, 0.15) is 0 Å². The third-order valence-electron chi connectivity index (χ3n) is 3.98. The van der Waals surface area contributed by atoms with Crippen LogP contribution in [0, 0.1) is 20.8 Å². The van der Waals surface area contributed by atoms with Crippen molar-refractivity contribution >= 4 is 44.6 Å². The lowest BCUT2D eigenvalue weighted by molar-refractivity contribution is 0.207. The largest absolute Gasteiger partial charge is 0.322 e. The molecule has 1 N–H and O–H groups in total. The van der Waals surface area contributed by atoms with E-state index in [1.54, 1.807) is 34.6 Å². The molecule has 0 radical (unpaired) electrons. The smallest absolute Gasteiger partial charge is 0.319 e. The van der Waals surface area contributed by atoms with Crippen molar-refractivity contribution in [2.24, 2.45) is 0 Å². The van der Waals surface area contributed by atoms with Gasteiger partial charge in [0, 0.05) is 17.6 Å². The van der Waals surface area contributed by atoms with Gasteiger partial charge in [0.15, 0.2) is 0 Å². The van der Waals surface area contributed by atoms with Gasteiger partial charge < -0.3 is 10.2 Å². The fraction of sp³-hybridized carbons (Fsp3) is 0.353. The van der Waals surface area contributed by atoms with Crippen molar-refractivity contribution in [1.82, 2.24) is 14.9 Å². The molecule has 0 saturated carbocycles. The van der Waals surface area contributed by atoms with Crippen LogP contribution in [-0.2, 0) is 0 Å². The van der Waals surface area contributed by atoms with Gasteiger partial charge in [0.05, 0.1) is 32.0 Å². The van der Waals surface area contributed by atoms with Crippen molar-refractivity contribution in [2.45, 2.75) is 33.7 Å². The second-order valence-electron chi connectivity index (χ2n) is 5.81. The normalized spacial score (nSPS) is 12.4. The summed E-state index contributed by atoms with van der Waals surface area (Å²) in [5.74, 6) is 0. The Morgan fingerprint density at radius 1 is 1.17 bits per heavy atom. The van der Waals surface area contributed by atoms with Gasteiger partial charge in [-0.3, -0.25) is 0 Å². The van der Waals surface area contributed by atoms with Crippen LogP contribution in [0.2, 0.25) is 0 Å². The molecule has 0 saturated heterocycles. The summed E-state index contributed by atoms with van der Waals surface area (Å²) in [6, 6.07) is 5.56. The molecule has 0 bridgehead atoms. The molecule has 7 heteroatoms. The molecule has 3 aromatic rings. The average molecular weight is 361 g/mol. The maximum absolute atomic E-state index is 12.6. The lowest BCUT2D eigenvalue weighted by atomic mass is 10.2. The number of aromatic nitrogens is 2. The number of rotatable bonds is 3. The number of fused-ring (bicyclic) bond motifs is 1. The number of benzene rings is 1. The van der Waals surface area contributed by atoms with Crippen LogP contribution in [0.15, 0.2) is 18.2 Å². The molecular weight excluding hydrogens is 340 g/mol. The van der Waals surface area contributed by atoms with E-state index in [0.29, 0.717) is 0 Å². The van der Waals surface area contributed by atoms with Crippen LogP contribution in [0.1, 0.15) is 33.6 Å². The minimum Gasteiger partial charge on any atom is -0.319 e. The highest BCUT2D eigenvalue weighted by Crippen LogP contribution is 2.28. The number of aryl methyl sites for hydroxylation is 3. The number of anilines is 1. The zero-order valence-corrected chi connectivity index (χ0v) is 16.0. The molecule has 2 aromatic heterocycles. The Morgan fingerprint density at radius 3 is 2.54 bits per heavy atom. The molecule has 5 nitrogen and oxygen atoms in total. The SMILES string of the molecule is Cc1nc([C@@H](C)N(C)C(=O)Nc2ccc3nc(C)sc3c2)c(C)s1. The number of carbonyl (C=O) groups is 1. The number of carbonyl (C=O) groups excluding carboxylic acids is 1. The van der Waals surface area contributed by atoms with Gasteiger partial charge in [0.2, 0.25) is 0 Å². The maximum Gasteiger partial charge on any atom is 0.322 e. The van der Waals surface area contributed by atoms with E-state index in [9.17, 15) is 4.79 Å². The molecule has 2 heterocycles. The molecule has 0 fully saturated rings. The van der Waals surface area contributed by atoms with Crippen molar-refractivity contribution in [1.29, 1.82) is 0 Å². The molecule has 3 rings (SSSR count). The summed E-state index contributed by atoms with van der Waals surface area (Å²) < 4.78 is 1.08. The van der Waals surface area contributed by atoms with Crippen LogP contribution in [0.25, 0.3) is 10.2 Å². The van der Waals surface area contributed by atoms with Crippen LogP contribution in [0.5, 0.6) is 0 Å². The first-order chi connectivity index (χ1) is 11.3. The van der Waals surface area contributed by atoms with Gasteiger partial charge in [-0.05, 0) is 45.9 Å². The number of hydrogen-bond donors (Lipinski definition) is 1.